The van der Waals surface area contributed by atoms with Gasteiger partial charge in [0.05, 0.1) is 19.8 Å². The smallest absolute Gasteiger partial charge is 0.163 e. The van der Waals surface area contributed by atoms with Gasteiger partial charge in [0.1, 0.15) is 25.1 Å². The van der Waals surface area contributed by atoms with Gasteiger partial charge in [-0.15, -0.1) is 0 Å². The normalized spacial score (nSPS) is 27.0. The molecular weight excluding hydrogens is 300 g/mol. The lowest BCUT2D eigenvalue weighted by molar-refractivity contribution is -0.349. The molecule has 1 aliphatic rings. The Morgan fingerprint density at radius 3 is 2.48 bits per heavy atom. The van der Waals surface area contributed by atoms with Crippen molar-refractivity contribution in [3.8, 4) is 0 Å². The van der Waals surface area contributed by atoms with Crippen molar-refractivity contribution in [1.82, 2.24) is 0 Å². The second kappa shape index (κ2) is 8.73. The molecule has 1 aromatic rings. The zero-order valence-corrected chi connectivity index (χ0v) is 13.9. The number of rotatable bonds is 8. The average molecular weight is 326 g/mol. The lowest BCUT2D eigenvalue weighted by Gasteiger charge is -2.45. The predicted molar refractivity (Wildman–Crippen MR) is 83.8 cm³/mol. The van der Waals surface area contributed by atoms with Crippen LogP contribution in [0.25, 0.3) is 0 Å². The number of aliphatic hydroxyl groups excluding tert-OH is 1. The maximum absolute atomic E-state index is 9.65. The summed E-state index contributed by atoms with van der Waals surface area (Å²) in [7, 11) is 1.56. The lowest BCUT2D eigenvalue weighted by atomic mass is 10.1. The standard InChI is InChI=1S/C17H26O6/c1-17(2)22-14(9-18)16(15(23-17)11-20-12-19-3)21-10-13-7-5-4-6-8-13/h4-8,14-16,18H,9-12H2,1-3H3/t14-,15+,16+/m1/s1. The molecule has 23 heavy (non-hydrogen) atoms. The van der Waals surface area contributed by atoms with Crippen molar-refractivity contribution in [3.63, 3.8) is 0 Å². The summed E-state index contributed by atoms with van der Waals surface area (Å²) in [6, 6.07) is 9.84. The number of hydrogen-bond acceptors (Lipinski definition) is 6. The predicted octanol–water partition coefficient (Wildman–Crippen LogP) is 1.70. The largest absolute Gasteiger partial charge is 0.394 e. The highest BCUT2D eigenvalue weighted by molar-refractivity contribution is 5.13. The van der Waals surface area contributed by atoms with E-state index in [1.54, 1.807) is 7.11 Å². The number of ether oxygens (including phenoxy) is 5. The van der Waals surface area contributed by atoms with E-state index >= 15 is 0 Å². The van der Waals surface area contributed by atoms with E-state index in [9.17, 15) is 5.11 Å². The van der Waals surface area contributed by atoms with Gasteiger partial charge in [0.15, 0.2) is 5.79 Å². The fourth-order valence-corrected chi connectivity index (χ4v) is 2.63. The molecule has 0 unspecified atom stereocenters. The molecular formula is C17H26O6. The van der Waals surface area contributed by atoms with Crippen LogP contribution in [-0.2, 0) is 30.3 Å². The second-order valence-electron chi connectivity index (χ2n) is 5.93. The highest BCUT2D eigenvalue weighted by Crippen LogP contribution is 2.29. The maximum Gasteiger partial charge on any atom is 0.163 e. The third-order valence-electron chi connectivity index (χ3n) is 3.55. The zero-order valence-electron chi connectivity index (χ0n) is 13.9. The van der Waals surface area contributed by atoms with Crippen molar-refractivity contribution in [2.24, 2.45) is 0 Å². The van der Waals surface area contributed by atoms with Crippen molar-refractivity contribution in [2.45, 2.75) is 44.6 Å². The summed E-state index contributed by atoms with van der Waals surface area (Å²) in [6.07, 6.45) is -1.25. The lowest BCUT2D eigenvalue weighted by Crippen LogP contribution is -2.57. The summed E-state index contributed by atoms with van der Waals surface area (Å²) in [6.45, 7) is 4.37. The van der Waals surface area contributed by atoms with Crippen LogP contribution in [0, 0.1) is 0 Å². The molecule has 6 heteroatoms. The third kappa shape index (κ3) is 5.53. The van der Waals surface area contributed by atoms with E-state index in [0.717, 1.165) is 5.56 Å². The van der Waals surface area contributed by atoms with Gasteiger partial charge in [0.2, 0.25) is 0 Å². The van der Waals surface area contributed by atoms with E-state index in [1.807, 2.05) is 44.2 Å². The first-order valence-electron chi connectivity index (χ1n) is 7.74. The number of hydrogen-bond donors (Lipinski definition) is 1. The van der Waals surface area contributed by atoms with Gasteiger partial charge in [0, 0.05) is 7.11 Å². The molecule has 3 atom stereocenters. The van der Waals surface area contributed by atoms with Gasteiger partial charge < -0.3 is 28.8 Å². The Kier molecular flexibility index (Phi) is 6.95. The Hall–Kier alpha value is -1.02. The summed E-state index contributed by atoms with van der Waals surface area (Å²) in [5.41, 5.74) is 1.05. The maximum atomic E-state index is 9.65. The van der Waals surface area contributed by atoms with Gasteiger partial charge >= 0.3 is 0 Å². The summed E-state index contributed by atoms with van der Waals surface area (Å²) < 4.78 is 28.0. The Balaban J connectivity index is 2.02. The molecule has 1 saturated heterocycles. The third-order valence-corrected chi connectivity index (χ3v) is 3.55. The van der Waals surface area contributed by atoms with E-state index in [4.69, 9.17) is 23.7 Å². The molecule has 0 aromatic heterocycles. The number of aliphatic hydroxyl groups is 1. The minimum absolute atomic E-state index is 0.146. The average Bonchev–Trinajstić information content (AvgIpc) is 2.54. The Labute approximate surface area is 137 Å². The molecule has 1 N–H and O–H groups in total. The summed E-state index contributed by atoms with van der Waals surface area (Å²) in [4.78, 5) is 0. The van der Waals surface area contributed by atoms with Crippen molar-refractivity contribution in [1.29, 1.82) is 0 Å². The fourth-order valence-electron chi connectivity index (χ4n) is 2.63. The van der Waals surface area contributed by atoms with Crippen LogP contribution in [0.2, 0.25) is 0 Å². The molecule has 1 heterocycles. The number of benzene rings is 1. The molecule has 1 fully saturated rings. The Morgan fingerprint density at radius 1 is 1.13 bits per heavy atom. The van der Waals surface area contributed by atoms with Crippen molar-refractivity contribution >= 4 is 0 Å². The van der Waals surface area contributed by atoms with Crippen molar-refractivity contribution in [3.05, 3.63) is 35.9 Å². The molecule has 0 bridgehead atoms. The molecule has 1 aromatic carbocycles. The summed E-state index contributed by atoms with van der Waals surface area (Å²) in [5.74, 6) is -0.804. The quantitative estimate of drug-likeness (QED) is 0.579. The van der Waals surface area contributed by atoms with Gasteiger partial charge in [-0.2, -0.15) is 0 Å². The first-order chi connectivity index (χ1) is 11.1. The van der Waals surface area contributed by atoms with Crippen LogP contribution in [0.5, 0.6) is 0 Å². The molecule has 130 valence electrons. The monoisotopic (exact) mass is 326 g/mol. The molecule has 0 aliphatic carbocycles. The summed E-state index contributed by atoms with van der Waals surface area (Å²) in [5, 5.41) is 9.65. The molecule has 1 aliphatic heterocycles. The number of methoxy groups -OCH3 is 1. The fraction of sp³-hybridized carbons (Fsp3) is 0.647. The van der Waals surface area contributed by atoms with E-state index in [2.05, 4.69) is 0 Å². The van der Waals surface area contributed by atoms with Crippen LogP contribution in [0.15, 0.2) is 30.3 Å². The highest BCUT2D eigenvalue weighted by Gasteiger charge is 2.43. The molecule has 0 amide bonds. The molecule has 0 radical (unpaired) electrons. The highest BCUT2D eigenvalue weighted by atomic mass is 16.7. The summed E-state index contributed by atoms with van der Waals surface area (Å²) >= 11 is 0. The zero-order chi connectivity index (χ0) is 16.7. The topological polar surface area (TPSA) is 66.4 Å². The molecule has 0 spiro atoms. The van der Waals surface area contributed by atoms with Crippen LogP contribution in [-0.4, -0.2) is 56.3 Å². The van der Waals surface area contributed by atoms with Gasteiger partial charge in [-0.3, -0.25) is 0 Å². The van der Waals surface area contributed by atoms with E-state index in [-0.39, 0.29) is 19.5 Å². The van der Waals surface area contributed by atoms with Gasteiger partial charge in [0.25, 0.3) is 0 Å². The van der Waals surface area contributed by atoms with Gasteiger partial charge in [-0.05, 0) is 19.4 Å². The van der Waals surface area contributed by atoms with Gasteiger partial charge in [-0.1, -0.05) is 30.3 Å². The van der Waals surface area contributed by atoms with E-state index < -0.39 is 18.0 Å². The van der Waals surface area contributed by atoms with E-state index in [1.165, 1.54) is 0 Å². The van der Waals surface area contributed by atoms with Crippen molar-refractivity contribution in [2.75, 3.05) is 27.1 Å². The van der Waals surface area contributed by atoms with Crippen LogP contribution < -0.4 is 0 Å². The first-order valence-corrected chi connectivity index (χ1v) is 7.74. The SMILES string of the molecule is COCOC[C@@H]1OC(C)(C)O[C@H](CO)[C@@H]1OCc1ccccc1. The Bertz CT molecular complexity index is 450. The van der Waals surface area contributed by atoms with E-state index in [0.29, 0.717) is 13.2 Å². The molecule has 2 rings (SSSR count). The van der Waals surface area contributed by atoms with Crippen LogP contribution in [0.4, 0.5) is 0 Å². The van der Waals surface area contributed by atoms with Crippen molar-refractivity contribution < 1.29 is 28.8 Å². The Morgan fingerprint density at radius 2 is 1.83 bits per heavy atom. The first kappa shape index (κ1) is 18.3. The van der Waals surface area contributed by atoms with Crippen LogP contribution in [0.3, 0.4) is 0 Å². The minimum Gasteiger partial charge on any atom is -0.394 e. The van der Waals surface area contributed by atoms with Crippen LogP contribution >= 0.6 is 0 Å². The van der Waals surface area contributed by atoms with Crippen LogP contribution in [0.1, 0.15) is 19.4 Å². The second-order valence-corrected chi connectivity index (χ2v) is 5.93. The van der Waals surface area contributed by atoms with Gasteiger partial charge in [-0.25, -0.2) is 0 Å². The molecule has 6 nitrogen and oxygen atoms in total. The minimum atomic E-state index is -0.804. The molecule has 0 saturated carbocycles.